The lowest BCUT2D eigenvalue weighted by atomic mass is 10.1. The molecule has 3 aromatic heterocycles. The number of nitrogens with zero attached hydrogens (tertiary/aromatic N) is 4. The van der Waals surface area contributed by atoms with Crippen LogP contribution in [0.15, 0.2) is 77.4 Å². The monoisotopic (exact) mass is 478 g/mol. The SMILES string of the molecule is Cc1noc(COc2ccc3nc(-c4ccc(C(=O)Nc5ccc6c(ccn6C)c5)cc4)[nH]c3c2)n1. The average Bonchev–Trinajstić information content (AvgIpc) is 3.61. The third kappa shape index (κ3) is 4.18. The van der Waals surface area contributed by atoms with E-state index in [2.05, 4.69) is 25.4 Å². The Balaban J connectivity index is 1.16. The van der Waals surface area contributed by atoms with Gasteiger partial charge in [0, 0.05) is 47.0 Å². The summed E-state index contributed by atoms with van der Waals surface area (Å²) < 4.78 is 12.9. The molecule has 9 heteroatoms. The highest BCUT2D eigenvalue weighted by atomic mass is 16.5. The summed E-state index contributed by atoms with van der Waals surface area (Å²) in [5, 5.41) is 7.81. The van der Waals surface area contributed by atoms with E-state index in [4.69, 9.17) is 9.26 Å². The molecular formula is C27H22N6O3. The molecule has 0 spiro atoms. The van der Waals surface area contributed by atoms with Gasteiger partial charge >= 0.3 is 0 Å². The Labute approximate surface area is 205 Å². The third-order valence-corrected chi connectivity index (χ3v) is 5.95. The Morgan fingerprint density at radius 2 is 1.92 bits per heavy atom. The van der Waals surface area contributed by atoms with E-state index in [1.807, 2.05) is 72.4 Å². The molecule has 0 fully saturated rings. The van der Waals surface area contributed by atoms with Gasteiger partial charge in [-0.25, -0.2) is 4.98 Å². The molecule has 0 saturated heterocycles. The third-order valence-electron chi connectivity index (χ3n) is 5.95. The molecule has 3 aromatic carbocycles. The van der Waals surface area contributed by atoms with Gasteiger partial charge in [-0.1, -0.05) is 17.3 Å². The molecule has 178 valence electrons. The fraction of sp³-hybridized carbons (Fsp3) is 0.111. The first kappa shape index (κ1) is 21.6. The molecule has 0 aliphatic carbocycles. The molecule has 36 heavy (non-hydrogen) atoms. The molecule has 0 saturated carbocycles. The van der Waals surface area contributed by atoms with Crippen molar-refractivity contribution in [1.82, 2.24) is 24.7 Å². The Morgan fingerprint density at radius 1 is 1.06 bits per heavy atom. The summed E-state index contributed by atoms with van der Waals surface area (Å²) in [6.07, 6.45) is 2.00. The number of aromatic nitrogens is 5. The van der Waals surface area contributed by atoms with Crippen molar-refractivity contribution in [1.29, 1.82) is 0 Å². The van der Waals surface area contributed by atoms with Crippen molar-refractivity contribution in [2.45, 2.75) is 13.5 Å². The van der Waals surface area contributed by atoms with E-state index in [0.29, 0.717) is 28.9 Å². The summed E-state index contributed by atoms with van der Waals surface area (Å²) in [4.78, 5) is 24.9. The van der Waals surface area contributed by atoms with Crippen molar-refractivity contribution in [2.75, 3.05) is 5.32 Å². The van der Waals surface area contributed by atoms with E-state index >= 15 is 0 Å². The van der Waals surface area contributed by atoms with Gasteiger partial charge in [-0.15, -0.1) is 0 Å². The molecule has 2 N–H and O–H groups in total. The quantitative estimate of drug-likeness (QED) is 0.339. The fourth-order valence-electron chi connectivity index (χ4n) is 4.10. The van der Waals surface area contributed by atoms with Crippen LogP contribution in [0.4, 0.5) is 5.69 Å². The van der Waals surface area contributed by atoms with Crippen molar-refractivity contribution in [3.05, 3.63) is 90.2 Å². The number of anilines is 1. The van der Waals surface area contributed by atoms with E-state index in [9.17, 15) is 4.79 Å². The van der Waals surface area contributed by atoms with Gasteiger partial charge < -0.3 is 24.1 Å². The maximum Gasteiger partial charge on any atom is 0.264 e. The standard InChI is InChI=1S/C27H22N6O3/c1-16-28-25(36-32-16)15-35-21-8-9-22-23(14-21)31-26(30-22)17-3-5-18(6-4-17)27(34)29-20-7-10-24-19(13-20)11-12-33(24)2/h3-14H,15H2,1-2H3,(H,29,34)(H,30,31). The number of H-pyrrole nitrogens is 1. The number of hydrogen-bond donors (Lipinski definition) is 2. The number of carbonyl (C=O) groups excluding carboxylic acids is 1. The molecule has 9 nitrogen and oxygen atoms in total. The molecular weight excluding hydrogens is 456 g/mol. The molecule has 0 aliphatic rings. The number of rotatable bonds is 6. The highest BCUT2D eigenvalue weighted by Gasteiger charge is 2.11. The minimum atomic E-state index is -0.167. The number of aromatic amines is 1. The van der Waals surface area contributed by atoms with Gasteiger partial charge in [0.2, 0.25) is 0 Å². The van der Waals surface area contributed by atoms with Crippen LogP contribution >= 0.6 is 0 Å². The molecule has 3 heterocycles. The van der Waals surface area contributed by atoms with Crippen LogP contribution in [0.1, 0.15) is 22.1 Å². The largest absolute Gasteiger partial charge is 0.484 e. The van der Waals surface area contributed by atoms with E-state index in [-0.39, 0.29) is 12.5 Å². The van der Waals surface area contributed by atoms with Crippen LogP contribution in [0.3, 0.4) is 0 Å². The van der Waals surface area contributed by atoms with Gasteiger partial charge in [-0.2, -0.15) is 4.98 Å². The van der Waals surface area contributed by atoms with Gasteiger partial charge in [-0.05, 0) is 55.5 Å². The van der Waals surface area contributed by atoms with Crippen LogP contribution in [-0.2, 0) is 13.7 Å². The summed E-state index contributed by atoms with van der Waals surface area (Å²) in [5.41, 5.74) is 4.95. The molecule has 6 aromatic rings. The summed E-state index contributed by atoms with van der Waals surface area (Å²) in [5.74, 6) is 2.19. The van der Waals surface area contributed by atoms with Crippen molar-refractivity contribution >= 4 is 33.5 Å². The first-order valence-electron chi connectivity index (χ1n) is 11.4. The average molecular weight is 479 g/mol. The summed E-state index contributed by atoms with van der Waals surface area (Å²) in [7, 11) is 2.00. The van der Waals surface area contributed by atoms with Crippen LogP contribution in [0.25, 0.3) is 33.3 Å². The second-order valence-corrected chi connectivity index (χ2v) is 8.52. The van der Waals surface area contributed by atoms with E-state index in [1.54, 1.807) is 19.1 Å². The molecule has 0 radical (unpaired) electrons. The number of carbonyl (C=O) groups is 1. The molecule has 0 bridgehead atoms. The number of benzene rings is 3. The number of imidazole rings is 1. The number of amides is 1. The Hall–Kier alpha value is -4.92. The molecule has 0 atom stereocenters. The van der Waals surface area contributed by atoms with E-state index in [0.717, 1.165) is 33.2 Å². The van der Waals surface area contributed by atoms with Gasteiger partial charge in [0.25, 0.3) is 11.8 Å². The number of fused-ring (bicyclic) bond motifs is 2. The fourth-order valence-corrected chi connectivity index (χ4v) is 4.10. The summed E-state index contributed by atoms with van der Waals surface area (Å²) >= 11 is 0. The van der Waals surface area contributed by atoms with Gasteiger partial charge in [0.1, 0.15) is 11.6 Å². The summed E-state index contributed by atoms with van der Waals surface area (Å²) in [6, 6.07) is 20.8. The normalized spacial score (nSPS) is 11.3. The first-order chi connectivity index (χ1) is 17.5. The van der Waals surface area contributed by atoms with Crippen molar-refractivity contribution < 1.29 is 14.1 Å². The molecule has 6 rings (SSSR count). The molecule has 0 aliphatic heterocycles. The summed E-state index contributed by atoms with van der Waals surface area (Å²) in [6.45, 7) is 1.95. The van der Waals surface area contributed by atoms with E-state index < -0.39 is 0 Å². The number of aryl methyl sites for hydroxylation is 2. The maximum atomic E-state index is 12.8. The number of hydrogen-bond acceptors (Lipinski definition) is 6. The second-order valence-electron chi connectivity index (χ2n) is 8.52. The van der Waals surface area contributed by atoms with Crippen LogP contribution in [0, 0.1) is 6.92 Å². The Morgan fingerprint density at radius 3 is 2.72 bits per heavy atom. The van der Waals surface area contributed by atoms with Crippen molar-refractivity contribution in [3.8, 4) is 17.1 Å². The van der Waals surface area contributed by atoms with Crippen LogP contribution < -0.4 is 10.1 Å². The van der Waals surface area contributed by atoms with Crippen molar-refractivity contribution in [3.63, 3.8) is 0 Å². The lowest BCUT2D eigenvalue weighted by Gasteiger charge is -2.07. The predicted octanol–water partition coefficient (Wildman–Crippen LogP) is 5.24. The van der Waals surface area contributed by atoms with Gasteiger partial charge in [0.15, 0.2) is 12.4 Å². The molecule has 1 amide bonds. The Kier molecular flexibility index (Phi) is 5.22. The van der Waals surface area contributed by atoms with Gasteiger partial charge in [-0.3, -0.25) is 4.79 Å². The molecule has 0 unspecified atom stereocenters. The zero-order chi connectivity index (χ0) is 24.6. The van der Waals surface area contributed by atoms with Gasteiger partial charge in [0.05, 0.1) is 11.0 Å². The zero-order valence-electron chi connectivity index (χ0n) is 19.6. The predicted molar refractivity (Wildman–Crippen MR) is 136 cm³/mol. The lowest BCUT2D eigenvalue weighted by Crippen LogP contribution is -2.11. The first-order valence-corrected chi connectivity index (χ1v) is 11.4. The van der Waals surface area contributed by atoms with Crippen LogP contribution in [0.2, 0.25) is 0 Å². The maximum absolute atomic E-state index is 12.8. The topological polar surface area (TPSA) is 111 Å². The number of nitrogens with one attached hydrogen (secondary N) is 2. The lowest BCUT2D eigenvalue weighted by molar-refractivity contribution is 0.102. The smallest absolute Gasteiger partial charge is 0.264 e. The second kappa shape index (κ2) is 8.70. The van der Waals surface area contributed by atoms with Crippen LogP contribution in [-0.4, -0.2) is 30.6 Å². The Bertz CT molecular complexity index is 1710. The highest BCUT2D eigenvalue weighted by molar-refractivity contribution is 6.05. The minimum Gasteiger partial charge on any atom is -0.484 e. The minimum absolute atomic E-state index is 0.167. The van der Waals surface area contributed by atoms with E-state index in [1.165, 1.54) is 0 Å². The highest BCUT2D eigenvalue weighted by Crippen LogP contribution is 2.25. The zero-order valence-corrected chi connectivity index (χ0v) is 19.6. The number of ether oxygens (including phenoxy) is 1. The van der Waals surface area contributed by atoms with Crippen LogP contribution in [0.5, 0.6) is 5.75 Å². The van der Waals surface area contributed by atoms with Crippen molar-refractivity contribution in [2.24, 2.45) is 7.05 Å².